The van der Waals surface area contributed by atoms with Crippen LogP contribution in [0.25, 0.3) is 10.8 Å². The number of hydrogen-bond acceptors (Lipinski definition) is 5. The van der Waals surface area contributed by atoms with Gasteiger partial charge in [0.1, 0.15) is 12.1 Å². The molecule has 2 bridgehead atoms. The average Bonchev–Trinajstić information content (AvgIpc) is 3.78. The van der Waals surface area contributed by atoms with Gasteiger partial charge in [-0.15, -0.1) is 0 Å². The molecule has 4 aliphatic carbocycles. The van der Waals surface area contributed by atoms with Crippen molar-refractivity contribution in [2.45, 2.75) is 128 Å². The van der Waals surface area contributed by atoms with Crippen molar-refractivity contribution in [3.8, 4) is 0 Å². The molecule has 54 heavy (non-hydrogen) atoms. The monoisotopic (exact) mass is 731 g/mol. The third-order valence-corrected chi connectivity index (χ3v) is 14.4. The number of amides is 3. The summed E-state index contributed by atoms with van der Waals surface area (Å²) < 4.78 is 13.5. The molecular formula is C45H58BN3O5. The fourth-order valence-electron chi connectivity index (χ4n) is 10.9. The summed E-state index contributed by atoms with van der Waals surface area (Å²) in [6, 6.07) is 22.4. The second-order valence-corrected chi connectivity index (χ2v) is 18.3. The van der Waals surface area contributed by atoms with E-state index in [1.165, 1.54) is 6.42 Å². The molecule has 2 heterocycles. The minimum atomic E-state index is -0.739. The first kappa shape index (κ1) is 37.2. The third kappa shape index (κ3) is 6.89. The summed E-state index contributed by atoms with van der Waals surface area (Å²) in [6.45, 7) is 11.5. The molecule has 6 fully saturated rings. The van der Waals surface area contributed by atoms with Crippen LogP contribution in [0, 0.1) is 29.1 Å². The van der Waals surface area contributed by atoms with Crippen LogP contribution < -0.4 is 10.6 Å². The van der Waals surface area contributed by atoms with E-state index in [2.05, 4.69) is 57.4 Å². The highest BCUT2D eigenvalue weighted by Gasteiger charge is 2.68. The average molecular weight is 732 g/mol. The van der Waals surface area contributed by atoms with E-state index in [0.717, 1.165) is 54.9 Å². The van der Waals surface area contributed by atoms with Gasteiger partial charge in [-0.05, 0) is 90.2 Å². The van der Waals surface area contributed by atoms with E-state index in [4.69, 9.17) is 9.31 Å². The molecule has 2 saturated heterocycles. The fraction of sp³-hybridized carbons (Fsp3) is 0.578. The van der Waals surface area contributed by atoms with Gasteiger partial charge in [-0.3, -0.25) is 14.4 Å². The van der Waals surface area contributed by atoms with Crippen LogP contribution in [0.5, 0.6) is 0 Å². The van der Waals surface area contributed by atoms with Crippen molar-refractivity contribution in [3.63, 3.8) is 0 Å². The van der Waals surface area contributed by atoms with E-state index in [1.807, 2.05) is 60.7 Å². The quantitative estimate of drug-likeness (QED) is 0.209. The lowest BCUT2D eigenvalue weighted by molar-refractivity contribution is -0.199. The number of likely N-dealkylation sites (tertiary alicyclic amines) is 1. The molecule has 3 amide bonds. The zero-order valence-corrected chi connectivity index (χ0v) is 32.8. The Kier molecular flexibility index (Phi) is 10.2. The van der Waals surface area contributed by atoms with Gasteiger partial charge in [0.2, 0.25) is 11.8 Å². The van der Waals surface area contributed by atoms with Crippen molar-refractivity contribution >= 4 is 35.6 Å². The van der Waals surface area contributed by atoms with Crippen molar-refractivity contribution in [2.24, 2.45) is 29.1 Å². The van der Waals surface area contributed by atoms with Gasteiger partial charge in [0, 0.05) is 18.0 Å². The van der Waals surface area contributed by atoms with E-state index in [9.17, 15) is 14.4 Å². The van der Waals surface area contributed by atoms with Crippen molar-refractivity contribution in [2.75, 3.05) is 6.54 Å². The predicted octanol–water partition coefficient (Wildman–Crippen LogP) is 7.70. The Morgan fingerprint density at radius 3 is 2.31 bits per heavy atom. The molecule has 3 aromatic rings. The molecule has 286 valence electrons. The highest BCUT2D eigenvalue weighted by Crippen LogP contribution is 2.65. The SMILES string of the molecule is CC(C)[C@H](NC(=O)[C@@H]1C[C@H](c2ccccc2)CN1C(=O)[C@@H](CC1CCCCC1)NC(=O)c1ccc2ccccc2c1)B1O[C@@H]2C[C@@H]3C[C@@H](C3(C)C)[C@]2(C)O1. The number of rotatable bonds is 10. The van der Waals surface area contributed by atoms with Crippen LogP contribution in [-0.2, 0) is 18.9 Å². The topological polar surface area (TPSA) is 97.0 Å². The van der Waals surface area contributed by atoms with Crippen molar-refractivity contribution in [3.05, 3.63) is 83.9 Å². The Balaban J connectivity index is 1.05. The molecule has 0 aromatic heterocycles. The Morgan fingerprint density at radius 1 is 0.870 bits per heavy atom. The van der Waals surface area contributed by atoms with Crippen molar-refractivity contribution in [1.29, 1.82) is 0 Å². The third-order valence-electron chi connectivity index (χ3n) is 14.4. The summed E-state index contributed by atoms with van der Waals surface area (Å²) >= 11 is 0. The molecule has 2 N–H and O–H groups in total. The lowest BCUT2D eigenvalue weighted by Crippen LogP contribution is -2.65. The van der Waals surface area contributed by atoms with Crippen molar-refractivity contribution in [1.82, 2.24) is 15.5 Å². The van der Waals surface area contributed by atoms with Gasteiger partial charge in [-0.2, -0.15) is 0 Å². The van der Waals surface area contributed by atoms with Crippen LogP contribution in [0.1, 0.15) is 114 Å². The first-order valence-corrected chi connectivity index (χ1v) is 20.7. The number of carbonyl (C=O) groups excluding carboxylic acids is 3. The summed E-state index contributed by atoms with van der Waals surface area (Å²) in [7, 11) is -0.560. The van der Waals surface area contributed by atoms with Gasteiger partial charge in [0.05, 0.1) is 17.6 Å². The van der Waals surface area contributed by atoms with Crippen LogP contribution in [0.4, 0.5) is 0 Å². The highest BCUT2D eigenvalue weighted by atomic mass is 16.7. The molecule has 8 atom stereocenters. The minimum Gasteiger partial charge on any atom is -0.404 e. The molecule has 0 radical (unpaired) electrons. The molecule has 3 aromatic carbocycles. The molecular weight excluding hydrogens is 673 g/mol. The van der Waals surface area contributed by atoms with Gasteiger partial charge >= 0.3 is 7.12 Å². The van der Waals surface area contributed by atoms with E-state index in [1.54, 1.807) is 4.90 Å². The largest absolute Gasteiger partial charge is 0.481 e. The highest BCUT2D eigenvalue weighted by molar-refractivity contribution is 6.48. The van der Waals surface area contributed by atoms with Gasteiger partial charge in [-0.25, -0.2) is 0 Å². The standard InChI is InChI=1S/C45H58BN3O5/c1-28(2)40(46-53-39-26-35-25-38(44(35,3)4)45(39,5)54-46)48-42(51)37-24-34(30-16-10-7-11-17-30)27-49(37)43(52)36(22-29-14-8-6-9-15-29)47-41(50)33-21-20-31-18-12-13-19-32(31)23-33/h7,10-13,16-21,23,28-29,34-40H,6,8-9,14-15,22,24-27H2,1-5H3,(H,47,50)(H,48,51)/t34-,35-,36+,37-,38-,39+,40-,45-/m0/s1. The number of carbonyl (C=O) groups is 3. The fourth-order valence-corrected chi connectivity index (χ4v) is 10.9. The molecule has 4 saturated carbocycles. The van der Waals surface area contributed by atoms with E-state index in [-0.39, 0.29) is 52.6 Å². The Bertz CT molecular complexity index is 1860. The molecule has 9 rings (SSSR count). The minimum absolute atomic E-state index is 0.00953. The summed E-state index contributed by atoms with van der Waals surface area (Å²) in [4.78, 5) is 45.3. The van der Waals surface area contributed by atoms with Gasteiger partial charge < -0.3 is 24.8 Å². The van der Waals surface area contributed by atoms with Gasteiger partial charge in [0.15, 0.2) is 0 Å². The second kappa shape index (κ2) is 14.8. The normalized spacial score (nSPS) is 30.1. The lowest BCUT2D eigenvalue weighted by atomic mass is 9.43. The van der Waals surface area contributed by atoms with Gasteiger partial charge in [-0.1, -0.05) is 120 Å². The van der Waals surface area contributed by atoms with Gasteiger partial charge in [0.25, 0.3) is 5.91 Å². The molecule has 8 nitrogen and oxygen atoms in total. The van der Waals surface area contributed by atoms with Crippen LogP contribution in [0.3, 0.4) is 0 Å². The number of hydrogen-bond donors (Lipinski definition) is 2. The van der Waals surface area contributed by atoms with Crippen LogP contribution in [0.15, 0.2) is 72.8 Å². The number of nitrogens with zero attached hydrogens (tertiary/aromatic N) is 1. The predicted molar refractivity (Wildman–Crippen MR) is 213 cm³/mol. The van der Waals surface area contributed by atoms with Crippen LogP contribution in [0.2, 0.25) is 0 Å². The number of benzene rings is 3. The summed E-state index contributed by atoms with van der Waals surface area (Å²) in [5.74, 6) is 0.422. The first-order valence-electron chi connectivity index (χ1n) is 20.7. The van der Waals surface area contributed by atoms with Crippen LogP contribution in [-0.4, -0.2) is 66.0 Å². The molecule has 6 aliphatic rings. The maximum atomic E-state index is 15.0. The summed E-state index contributed by atoms with van der Waals surface area (Å²) in [5, 5.41) is 8.59. The maximum Gasteiger partial charge on any atom is 0.481 e. The maximum absolute atomic E-state index is 15.0. The Hall–Kier alpha value is -3.69. The Morgan fingerprint density at radius 2 is 1.59 bits per heavy atom. The van der Waals surface area contributed by atoms with E-state index < -0.39 is 19.2 Å². The molecule has 9 heteroatoms. The zero-order valence-electron chi connectivity index (χ0n) is 32.8. The second-order valence-electron chi connectivity index (χ2n) is 18.3. The smallest absolute Gasteiger partial charge is 0.404 e. The number of nitrogens with one attached hydrogen (secondary N) is 2. The van der Waals surface area contributed by atoms with E-state index >= 15 is 0 Å². The molecule has 0 spiro atoms. The van der Waals surface area contributed by atoms with Crippen LogP contribution >= 0.6 is 0 Å². The lowest BCUT2D eigenvalue weighted by Gasteiger charge is -2.64. The molecule has 2 aliphatic heterocycles. The van der Waals surface area contributed by atoms with E-state index in [0.29, 0.717) is 42.7 Å². The zero-order chi connectivity index (χ0) is 37.8. The first-order chi connectivity index (χ1) is 25.9. The number of fused-ring (bicyclic) bond motifs is 1. The summed E-state index contributed by atoms with van der Waals surface area (Å²) in [6.07, 6.45) is 8.78. The molecule has 0 unspecified atom stereocenters. The Labute approximate surface area is 321 Å². The van der Waals surface area contributed by atoms with Crippen molar-refractivity contribution < 1.29 is 23.7 Å². The summed E-state index contributed by atoms with van der Waals surface area (Å²) in [5.41, 5.74) is 1.47.